The van der Waals surface area contributed by atoms with Crippen molar-refractivity contribution in [3.8, 4) is 0 Å². The molecule has 0 aliphatic rings. The van der Waals surface area contributed by atoms with E-state index in [1.165, 1.54) is 19.1 Å². The predicted octanol–water partition coefficient (Wildman–Crippen LogP) is 2.55. The zero-order valence-electron chi connectivity index (χ0n) is 13.4. The molecule has 6 heteroatoms. The molecule has 0 fully saturated rings. The Morgan fingerprint density at radius 1 is 1.00 bits per heavy atom. The Morgan fingerprint density at radius 2 is 1.67 bits per heavy atom. The van der Waals surface area contributed by atoms with Gasteiger partial charge in [-0.3, -0.25) is 9.59 Å². The molecule has 0 saturated carbocycles. The summed E-state index contributed by atoms with van der Waals surface area (Å²) in [6.07, 6.45) is 0.714. The van der Waals surface area contributed by atoms with Gasteiger partial charge in [0.25, 0.3) is 0 Å². The van der Waals surface area contributed by atoms with Crippen LogP contribution in [0.1, 0.15) is 12.5 Å². The van der Waals surface area contributed by atoms with Crippen LogP contribution in [-0.2, 0) is 16.0 Å². The van der Waals surface area contributed by atoms with Gasteiger partial charge in [-0.25, -0.2) is 4.39 Å². The average Bonchev–Trinajstić information content (AvgIpc) is 2.53. The van der Waals surface area contributed by atoms with Crippen LogP contribution in [0.25, 0.3) is 0 Å². The molecule has 0 heterocycles. The SMILES string of the molecule is CC(=O)Nc1cccc(NC(=O)CNCCc2ccc(F)cc2)c1. The fraction of sp³-hybridized carbons (Fsp3) is 0.222. The summed E-state index contributed by atoms with van der Waals surface area (Å²) in [6, 6.07) is 13.2. The van der Waals surface area contributed by atoms with Crippen LogP contribution < -0.4 is 16.0 Å². The lowest BCUT2D eigenvalue weighted by molar-refractivity contribution is -0.115. The van der Waals surface area contributed by atoms with E-state index in [-0.39, 0.29) is 24.2 Å². The van der Waals surface area contributed by atoms with Crippen LogP contribution >= 0.6 is 0 Å². The lowest BCUT2D eigenvalue weighted by Crippen LogP contribution is -2.29. The van der Waals surface area contributed by atoms with Crippen molar-refractivity contribution in [2.75, 3.05) is 23.7 Å². The number of hydrogen-bond donors (Lipinski definition) is 3. The van der Waals surface area contributed by atoms with Crippen molar-refractivity contribution in [1.82, 2.24) is 5.32 Å². The van der Waals surface area contributed by atoms with E-state index in [4.69, 9.17) is 0 Å². The lowest BCUT2D eigenvalue weighted by atomic mass is 10.1. The second kappa shape index (κ2) is 8.79. The summed E-state index contributed by atoms with van der Waals surface area (Å²) in [5, 5.41) is 8.46. The third kappa shape index (κ3) is 6.18. The average molecular weight is 329 g/mol. The first-order chi connectivity index (χ1) is 11.5. The molecule has 0 atom stereocenters. The zero-order valence-corrected chi connectivity index (χ0v) is 13.4. The maximum absolute atomic E-state index is 12.8. The Labute approximate surface area is 140 Å². The number of hydrogen-bond acceptors (Lipinski definition) is 3. The number of carbonyl (C=O) groups excluding carboxylic acids is 2. The molecule has 0 spiro atoms. The van der Waals surface area contributed by atoms with E-state index < -0.39 is 0 Å². The van der Waals surface area contributed by atoms with E-state index in [1.54, 1.807) is 36.4 Å². The topological polar surface area (TPSA) is 70.2 Å². The maximum Gasteiger partial charge on any atom is 0.238 e. The van der Waals surface area contributed by atoms with Gasteiger partial charge in [0.15, 0.2) is 0 Å². The highest BCUT2D eigenvalue weighted by Crippen LogP contribution is 2.14. The van der Waals surface area contributed by atoms with Crippen molar-refractivity contribution in [2.24, 2.45) is 0 Å². The summed E-state index contributed by atoms with van der Waals surface area (Å²) in [7, 11) is 0. The first-order valence-corrected chi connectivity index (χ1v) is 7.65. The minimum atomic E-state index is -0.257. The van der Waals surface area contributed by atoms with Gasteiger partial charge in [0.1, 0.15) is 5.82 Å². The van der Waals surface area contributed by atoms with Crippen molar-refractivity contribution in [3.63, 3.8) is 0 Å². The molecule has 0 aliphatic heterocycles. The fourth-order valence-electron chi connectivity index (χ4n) is 2.17. The molecule has 2 aromatic rings. The Morgan fingerprint density at radius 3 is 2.33 bits per heavy atom. The fourth-order valence-corrected chi connectivity index (χ4v) is 2.17. The zero-order chi connectivity index (χ0) is 17.4. The second-order valence-electron chi connectivity index (χ2n) is 5.36. The van der Waals surface area contributed by atoms with E-state index in [1.807, 2.05) is 0 Å². The highest BCUT2D eigenvalue weighted by Gasteiger charge is 2.03. The minimum absolute atomic E-state index is 0.166. The molecule has 24 heavy (non-hydrogen) atoms. The summed E-state index contributed by atoms with van der Waals surface area (Å²) >= 11 is 0. The number of rotatable bonds is 7. The number of halogens is 1. The molecular formula is C18H20FN3O2. The van der Waals surface area contributed by atoms with E-state index in [2.05, 4.69) is 16.0 Å². The molecule has 0 unspecified atom stereocenters. The molecule has 0 aliphatic carbocycles. The third-order valence-corrected chi connectivity index (χ3v) is 3.26. The number of benzene rings is 2. The maximum atomic E-state index is 12.8. The Kier molecular flexibility index (Phi) is 6.45. The largest absolute Gasteiger partial charge is 0.326 e. The normalized spacial score (nSPS) is 10.2. The van der Waals surface area contributed by atoms with Crippen molar-refractivity contribution >= 4 is 23.2 Å². The van der Waals surface area contributed by atoms with Gasteiger partial charge in [-0.2, -0.15) is 0 Å². The molecule has 2 amide bonds. The van der Waals surface area contributed by atoms with E-state index in [9.17, 15) is 14.0 Å². The highest BCUT2D eigenvalue weighted by atomic mass is 19.1. The Balaban J connectivity index is 1.73. The van der Waals surface area contributed by atoms with Crippen LogP contribution in [0.3, 0.4) is 0 Å². The smallest absolute Gasteiger partial charge is 0.238 e. The molecule has 0 bridgehead atoms. The van der Waals surface area contributed by atoms with Gasteiger partial charge in [-0.1, -0.05) is 18.2 Å². The van der Waals surface area contributed by atoms with Gasteiger partial charge in [0, 0.05) is 18.3 Å². The number of anilines is 2. The van der Waals surface area contributed by atoms with E-state index in [0.717, 1.165) is 5.56 Å². The monoisotopic (exact) mass is 329 g/mol. The summed E-state index contributed by atoms with van der Waals surface area (Å²) < 4.78 is 12.8. The van der Waals surface area contributed by atoms with Crippen LogP contribution in [0, 0.1) is 5.82 Å². The van der Waals surface area contributed by atoms with Crippen LogP contribution in [0.15, 0.2) is 48.5 Å². The van der Waals surface area contributed by atoms with Gasteiger partial charge in [-0.15, -0.1) is 0 Å². The van der Waals surface area contributed by atoms with Gasteiger partial charge in [0.05, 0.1) is 6.54 Å². The van der Waals surface area contributed by atoms with E-state index in [0.29, 0.717) is 24.3 Å². The first kappa shape index (κ1) is 17.6. The molecular weight excluding hydrogens is 309 g/mol. The van der Waals surface area contributed by atoms with Crippen LogP contribution in [0.4, 0.5) is 15.8 Å². The number of carbonyl (C=O) groups is 2. The Bertz CT molecular complexity index is 702. The lowest BCUT2D eigenvalue weighted by Gasteiger charge is -2.09. The number of amides is 2. The highest BCUT2D eigenvalue weighted by molar-refractivity contribution is 5.94. The minimum Gasteiger partial charge on any atom is -0.326 e. The predicted molar refractivity (Wildman–Crippen MR) is 92.3 cm³/mol. The van der Waals surface area contributed by atoms with Crippen molar-refractivity contribution < 1.29 is 14.0 Å². The quantitative estimate of drug-likeness (QED) is 0.684. The standard InChI is InChI=1S/C18H20FN3O2/c1-13(23)21-16-3-2-4-17(11-16)22-18(24)12-20-10-9-14-5-7-15(19)8-6-14/h2-8,11,20H,9-10,12H2,1H3,(H,21,23)(H,22,24). The summed E-state index contributed by atoms with van der Waals surface area (Å²) in [6.45, 7) is 2.22. The molecule has 0 radical (unpaired) electrons. The van der Waals surface area contributed by atoms with Gasteiger partial charge in [-0.05, 0) is 48.9 Å². The second-order valence-corrected chi connectivity index (χ2v) is 5.36. The number of nitrogens with one attached hydrogen (secondary N) is 3. The summed E-state index contributed by atoms with van der Waals surface area (Å²) in [5.41, 5.74) is 2.25. The van der Waals surface area contributed by atoms with E-state index >= 15 is 0 Å². The van der Waals surface area contributed by atoms with Crippen LogP contribution in [0.2, 0.25) is 0 Å². The molecule has 0 saturated heterocycles. The third-order valence-electron chi connectivity index (χ3n) is 3.26. The molecule has 0 aromatic heterocycles. The summed E-state index contributed by atoms with van der Waals surface area (Å²) in [4.78, 5) is 22.9. The summed E-state index contributed by atoms with van der Waals surface area (Å²) in [5.74, 6) is -0.595. The molecule has 2 rings (SSSR count). The van der Waals surface area contributed by atoms with Crippen LogP contribution in [0.5, 0.6) is 0 Å². The molecule has 2 aromatic carbocycles. The van der Waals surface area contributed by atoms with Crippen molar-refractivity contribution in [2.45, 2.75) is 13.3 Å². The molecule has 126 valence electrons. The molecule has 5 nitrogen and oxygen atoms in total. The van der Waals surface area contributed by atoms with Crippen molar-refractivity contribution in [3.05, 3.63) is 59.9 Å². The van der Waals surface area contributed by atoms with Gasteiger partial charge >= 0.3 is 0 Å². The van der Waals surface area contributed by atoms with Crippen LogP contribution in [-0.4, -0.2) is 24.9 Å². The van der Waals surface area contributed by atoms with Gasteiger partial charge < -0.3 is 16.0 Å². The first-order valence-electron chi connectivity index (χ1n) is 7.65. The van der Waals surface area contributed by atoms with Gasteiger partial charge in [0.2, 0.25) is 11.8 Å². The molecule has 3 N–H and O–H groups in total. The Hall–Kier alpha value is -2.73. The van der Waals surface area contributed by atoms with Crippen molar-refractivity contribution in [1.29, 1.82) is 0 Å².